The molecular weight excluding hydrogens is 637 g/mol. The van der Waals surface area contributed by atoms with Crippen LogP contribution in [0, 0.1) is 11.3 Å². The highest BCUT2D eigenvalue weighted by atomic mass is 35.5. The molecule has 0 unspecified atom stereocenters. The van der Waals surface area contributed by atoms with Gasteiger partial charge in [0.1, 0.15) is 19.0 Å². The summed E-state index contributed by atoms with van der Waals surface area (Å²) in [4.78, 5) is 24.6. The van der Waals surface area contributed by atoms with Crippen molar-refractivity contribution in [2.75, 3.05) is 20.3 Å². The van der Waals surface area contributed by atoms with Crippen molar-refractivity contribution in [2.45, 2.75) is 32.7 Å². The van der Waals surface area contributed by atoms with E-state index in [0.29, 0.717) is 56.8 Å². The number of carbonyl (C=O) groups excluding carboxylic acids is 2. The number of amides is 2. The Labute approximate surface area is 275 Å². The number of hydrazone groups is 1. The molecule has 0 radical (unpaired) electrons. The number of halogens is 2. The van der Waals surface area contributed by atoms with Gasteiger partial charge in [0.05, 0.1) is 48.2 Å². The summed E-state index contributed by atoms with van der Waals surface area (Å²) in [6, 6.07) is 15.9. The number of allylic oxidation sites excluding steroid dienone is 1. The van der Waals surface area contributed by atoms with Crippen LogP contribution >= 0.6 is 23.2 Å². The van der Waals surface area contributed by atoms with Crippen LogP contribution < -0.4 is 30.3 Å². The molecular formula is C32H31Cl2N5O7. The van der Waals surface area contributed by atoms with E-state index in [1.165, 1.54) is 19.4 Å². The van der Waals surface area contributed by atoms with Crippen LogP contribution in [0.25, 0.3) is 0 Å². The summed E-state index contributed by atoms with van der Waals surface area (Å²) in [7, 11) is 1.26. The third-order valence-corrected chi connectivity index (χ3v) is 7.15. The Bertz CT molecular complexity index is 1710. The van der Waals surface area contributed by atoms with Crippen molar-refractivity contribution in [3.05, 3.63) is 98.2 Å². The number of rotatable bonds is 13. The van der Waals surface area contributed by atoms with Gasteiger partial charge in [-0.25, -0.2) is 9.59 Å². The van der Waals surface area contributed by atoms with E-state index in [4.69, 9.17) is 42.1 Å². The minimum absolute atomic E-state index is 0.0840. The molecule has 46 heavy (non-hydrogen) atoms. The molecule has 0 bridgehead atoms. The second-order valence-corrected chi connectivity index (χ2v) is 10.6. The van der Waals surface area contributed by atoms with Crippen LogP contribution in [0.3, 0.4) is 0 Å². The van der Waals surface area contributed by atoms with Gasteiger partial charge in [-0.15, -0.1) is 0 Å². The Hall–Kier alpha value is -4.96. The minimum atomic E-state index is -1.24. The molecule has 0 saturated heterocycles. The number of nitriles is 1. The summed E-state index contributed by atoms with van der Waals surface area (Å²) < 4.78 is 22.4. The lowest BCUT2D eigenvalue weighted by molar-refractivity contribution is -0.136. The van der Waals surface area contributed by atoms with Gasteiger partial charge in [0.15, 0.2) is 17.7 Å². The highest BCUT2D eigenvalue weighted by Gasteiger charge is 2.32. The van der Waals surface area contributed by atoms with Gasteiger partial charge >= 0.3 is 12.0 Å². The number of methoxy groups -OCH3 is 1. The average molecular weight is 669 g/mol. The van der Waals surface area contributed by atoms with Crippen molar-refractivity contribution < 1.29 is 33.6 Å². The zero-order valence-corrected chi connectivity index (χ0v) is 26.6. The maximum Gasteiger partial charge on any atom is 0.337 e. The molecule has 2 amide bonds. The smallest absolute Gasteiger partial charge is 0.337 e. The molecule has 3 aromatic rings. The fraction of sp³-hybridized carbons (Fsp3) is 0.250. The van der Waals surface area contributed by atoms with Crippen molar-refractivity contribution >= 4 is 41.4 Å². The molecule has 0 saturated carbocycles. The molecule has 0 spiro atoms. The number of ether oxygens (including phenoxy) is 4. The lowest BCUT2D eigenvalue weighted by Gasteiger charge is -2.28. The lowest BCUT2D eigenvalue weighted by atomic mass is 9.95. The molecule has 0 aromatic heterocycles. The van der Waals surface area contributed by atoms with Crippen LogP contribution in [-0.2, 0) is 16.1 Å². The first-order valence-corrected chi connectivity index (χ1v) is 14.7. The molecule has 1 aliphatic rings. The highest BCUT2D eigenvalue weighted by Crippen LogP contribution is 2.35. The molecule has 240 valence electrons. The van der Waals surface area contributed by atoms with Crippen LogP contribution in [0.15, 0.2) is 71.0 Å². The Morgan fingerprint density at radius 2 is 1.93 bits per heavy atom. The lowest BCUT2D eigenvalue weighted by Crippen LogP contribution is -2.45. The molecule has 0 aliphatic carbocycles. The quantitative estimate of drug-likeness (QED) is 0.0853. The fourth-order valence-corrected chi connectivity index (χ4v) is 5.11. The third kappa shape index (κ3) is 8.39. The number of aliphatic hydroxyl groups excluding tert-OH is 1. The number of nitrogens with zero attached hydrogens (tertiary/aromatic N) is 2. The molecule has 1 aliphatic heterocycles. The van der Waals surface area contributed by atoms with E-state index < -0.39 is 24.3 Å². The Morgan fingerprint density at radius 1 is 1.15 bits per heavy atom. The van der Waals surface area contributed by atoms with Gasteiger partial charge in [-0.05, 0) is 49.7 Å². The topological polar surface area (TPSA) is 164 Å². The second kappa shape index (κ2) is 15.9. The first-order valence-electron chi connectivity index (χ1n) is 14.0. The number of benzene rings is 3. The van der Waals surface area contributed by atoms with E-state index in [1.54, 1.807) is 62.4 Å². The summed E-state index contributed by atoms with van der Waals surface area (Å²) in [5.74, 6) is 0.345. The van der Waals surface area contributed by atoms with Crippen LogP contribution in [0.5, 0.6) is 17.2 Å². The summed E-state index contributed by atoms with van der Waals surface area (Å²) in [6.07, 6.45) is 0.140. The zero-order valence-electron chi connectivity index (χ0n) is 25.1. The minimum Gasteiger partial charge on any atom is -0.490 e. The van der Waals surface area contributed by atoms with Gasteiger partial charge in [0.25, 0.3) is 0 Å². The standard InChI is InChI=1S/C32H31Cl2N5O7/c1-4-44-26-12-19(29-28(31(41)43-3)18(2)37-32(42)38-29)9-10-25(26)45-17-27(40)39-36-15-22-11-23(33)13-24(34)30(22)46-16-21-8-6-5-7-20(21)14-35/h5-13,15,27,29,39-40H,4,16-17H2,1-3H3,(H2,37,38,42)/b36-15+/t27-,29-/m1/s1. The number of hydrogen-bond acceptors (Lipinski definition) is 10. The number of urea groups is 1. The Balaban J connectivity index is 1.43. The summed E-state index contributed by atoms with van der Waals surface area (Å²) >= 11 is 12.6. The molecule has 14 heteroatoms. The molecule has 2 atom stereocenters. The molecule has 4 N–H and O–H groups in total. The zero-order chi connectivity index (χ0) is 33.2. The summed E-state index contributed by atoms with van der Waals surface area (Å²) in [5, 5.41) is 29.9. The SMILES string of the molecule is CCOc1cc([C@H]2NC(=O)NC(C)=C2C(=O)OC)ccc1OC[C@@H](O)N/N=C/c1cc(Cl)cc(Cl)c1OCc1ccccc1C#N. The van der Waals surface area contributed by atoms with Crippen LogP contribution in [0.2, 0.25) is 10.0 Å². The van der Waals surface area contributed by atoms with Crippen molar-refractivity contribution in [1.82, 2.24) is 16.1 Å². The predicted molar refractivity (Wildman–Crippen MR) is 171 cm³/mol. The van der Waals surface area contributed by atoms with Gasteiger partial charge in [0, 0.05) is 21.8 Å². The van der Waals surface area contributed by atoms with Crippen molar-refractivity contribution in [3.8, 4) is 23.3 Å². The first-order chi connectivity index (χ1) is 22.1. The number of carbonyl (C=O) groups is 2. The van der Waals surface area contributed by atoms with Crippen molar-refractivity contribution in [1.29, 1.82) is 5.26 Å². The maximum absolute atomic E-state index is 12.5. The average Bonchev–Trinajstić information content (AvgIpc) is 3.03. The van der Waals surface area contributed by atoms with Crippen molar-refractivity contribution in [2.24, 2.45) is 5.10 Å². The number of nitrogens with one attached hydrogen (secondary N) is 3. The molecule has 4 rings (SSSR count). The number of hydrogen-bond donors (Lipinski definition) is 4. The predicted octanol–water partition coefficient (Wildman–Crippen LogP) is 4.96. The third-order valence-electron chi connectivity index (χ3n) is 6.65. The van der Waals surface area contributed by atoms with Gasteiger partial charge in [-0.2, -0.15) is 10.4 Å². The maximum atomic E-state index is 12.5. The van der Waals surface area contributed by atoms with Gasteiger partial charge in [-0.3, -0.25) is 5.43 Å². The van der Waals surface area contributed by atoms with Gasteiger partial charge in [-0.1, -0.05) is 47.5 Å². The van der Waals surface area contributed by atoms with E-state index in [0.717, 1.165) is 0 Å². The van der Waals surface area contributed by atoms with Gasteiger partial charge in [0.2, 0.25) is 0 Å². The Morgan fingerprint density at radius 3 is 2.67 bits per heavy atom. The number of aliphatic hydroxyl groups is 1. The monoisotopic (exact) mass is 667 g/mol. The van der Waals surface area contributed by atoms with E-state index in [-0.39, 0.29) is 23.8 Å². The summed E-state index contributed by atoms with van der Waals surface area (Å²) in [6.45, 7) is 3.57. The molecule has 12 nitrogen and oxygen atoms in total. The number of esters is 1. The molecule has 3 aromatic carbocycles. The highest BCUT2D eigenvalue weighted by molar-refractivity contribution is 6.36. The fourth-order valence-electron chi connectivity index (χ4n) is 4.55. The first kappa shape index (κ1) is 33.9. The van der Waals surface area contributed by atoms with Crippen LogP contribution in [-0.4, -0.2) is 49.9 Å². The van der Waals surface area contributed by atoms with Gasteiger partial charge < -0.3 is 34.7 Å². The Kier molecular flexibility index (Phi) is 11.7. The van der Waals surface area contributed by atoms with E-state index >= 15 is 0 Å². The van der Waals surface area contributed by atoms with Crippen LogP contribution in [0.1, 0.15) is 42.1 Å². The molecule has 0 fully saturated rings. The van der Waals surface area contributed by atoms with Crippen molar-refractivity contribution in [3.63, 3.8) is 0 Å². The second-order valence-electron chi connectivity index (χ2n) is 9.78. The largest absolute Gasteiger partial charge is 0.490 e. The normalized spacial score (nSPS) is 15.0. The van der Waals surface area contributed by atoms with Crippen LogP contribution in [0.4, 0.5) is 4.79 Å². The van der Waals surface area contributed by atoms with E-state index in [1.807, 2.05) is 0 Å². The summed E-state index contributed by atoms with van der Waals surface area (Å²) in [5.41, 5.74) is 5.34. The molecule has 1 heterocycles. The van der Waals surface area contributed by atoms with E-state index in [2.05, 4.69) is 27.2 Å². The van der Waals surface area contributed by atoms with E-state index in [9.17, 15) is 20.0 Å².